The van der Waals surface area contributed by atoms with Gasteiger partial charge in [-0.3, -0.25) is 9.69 Å². The third-order valence-corrected chi connectivity index (χ3v) is 4.22. The first-order valence-corrected chi connectivity index (χ1v) is 7.29. The number of nitrogens with zero attached hydrogens (tertiary/aromatic N) is 1. The van der Waals surface area contributed by atoms with Crippen LogP contribution in [0.25, 0.3) is 0 Å². The van der Waals surface area contributed by atoms with Gasteiger partial charge in [0.25, 0.3) is 0 Å². The number of hydrogen-bond acceptors (Lipinski definition) is 2. The van der Waals surface area contributed by atoms with Gasteiger partial charge in [0.05, 0.1) is 6.04 Å². The summed E-state index contributed by atoms with van der Waals surface area (Å²) in [7, 11) is 0. The molecule has 0 saturated carbocycles. The third-order valence-electron chi connectivity index (χ3n) is 4.22. The second kappa shape index (κ2) is 6.44. The summed E-state index contributed by atoms with van der Waals surface area (Å²) in [6, 6.07) is 3.50. The Labute approximate surface area is 118 Å². The number of ketones is 1. The maximum absolute atomic E-state index is 13.2. The van der Waals surface area contributed by atoms with Gasteiger partial charge in [0.1, 0.15) is 0 Å². The number of rotatable bonds is 4. The molecule has 1 aliphatic rings. The molecule has 2 rings (SSSR count). The minimum absolute atomic E-state index is 0.135. The zero-order valence-electron chi connectivity index (χ0n) is 12.0. The Balaban J connectivity index is 2.16. The molecule has 4 heteroatoms. The van der Waals surface area contributed by atoms with E-state index >= 15 is 0 Å². The molecular formula is C16H21F2NO. The van der Waals surface area contributed by atoms with Crippen molar-refractivity contribution in [3.05, 3.63) is 35.4 Å². The number of carbonyl (C=O) groups excluding carboxylic acids is 1. The van der Waals surface area contributed by atoms with Crippen LogP contribution < -0.4 is 0 Å². The van der Waals surface area contributed by atoms with E-state index < -0.39 is 11.6 Å². The van der Waals surface area contributed by atoms with Crippen molar-refractivity contribution in [3.63, 3.8) is 0 Å². The van der Waals surface area contributed by atoms with Crippen molar-refractivity contribution in [2.24, 2.45) is 0 Å². The number of likely N-dealkylation sites (tertiary alicyclic amines) is 1. The summed E-state index contributed by atoms with van der Waals surface area (Å²) in [6.07, 6.45) is 4.40. The van der Waals surface area contributed by atoms with Crippen LogP contribution in [0, 0.1) is 11.6 Å². The Bertz CT molecular complexity index is 489. The normalized spacial score (nSPS) is 21.7. The highest BCUT2D eigenvalue weighted by atomic mass is 19.2. The smallest absolute Gasteiger partial charge is 0.179 e. The van der Waals surface area contributed by atoms with E-state index in [1.807, 2.05) is 6.92 Å². The summed E-state index contributed by atoms with van der Waals surface area (Å²) < 4.78 is 26.2. The van der Waals surface area contributed by atoms with Crippen molar-refractivity contribution in [2.75, 3.05) is 6.54 Å². The van der Waals surface area contributed by atoms with E-state index in [9.17, 15) is 13.6 Å². The minimum Gasteiger partial charge on any atom is -0.292 e. The molecule has 110 valence electrons. The first-order valence-electron chi connectivity index (χ1n) is 7.29. The van der Waals surface area contributed by atoms with E-state index in [1.54, 1.807) is 0 Å². The molecule has 1 saturated heterocycles. The highest BCUT2D eigenvalue weighted by molar-refractivity contribution is 5.99. The van der Waals surface area contributed by atoms with Crippen LogP contribution in [0.5, 0.6) is 0 Å². The molecule has 0 aliphatic carbocycles. The lowest BCUT2D eigenvalue weighted by Gasteiger charge is -2.38. The van der Waals surface area contributed by atoms with Gasteiger partial charge in [0.2, 0.25) is 0 Å². The monoisotopic (exact) mass is 281 g/mol. The molecule has 1 fully saturated rings. The van der Waals surface area contributed by atoms with Crippen molar-refractivity contribution in [1.29, 1.82) is 0 Å². The molecular weight excluding hydrogens is 260 g/mol. The Morgan fingerprint density at radius 2 is 2.10 bits per heavy atom. The van der Waals surface area contributed by atoms with Crippen molar-refractivity contribution < 1.29 is 13.6 Å². The summed E-state index contributed by atoms with van der Waals surface area (Å²) in [5, 5.41) is 0. The van der Waals surface area contributed by atoms with E-state index in [0.29, 0.717) is 6.04 Å². The van der Waals surface area contributed by atoms with E-state index in [4.69, 9.17) is 0 Å². The minimum atomic E-state index is -0.964. The number of piperidine rings is 1. The van der Waals surface area contributed by atoms with Crippen LogP contribution in [-0.2, 0) is 0 Å². The fraction of sp³-hybridized carbons (Fsp3) is 0.562. The molecule has 1 heterocycles. The van der Waals surface area contributed by atoms with Gasteiger partial charge >= 0.3 is 0 Å². The summed E-state index contributed by atoms with van der Waals surface area (Å²) in [4.78, 5) is 14.6. The maximum atomic E-state index is 13.2. The average Bonchev–Trinajstić information content (AvgIpc) is 2.48. The zero-order chi connectivity index (χ0) is 14.7. The average molecular weight is 281 g/mol. The molecule has 0 radical (unpaired) electrons. The molecule has 0 N–H and O–H groups in total. The lowest BCUT2D eigenvalue weighted by Crippen LogP contribution is -2.48. The molecule has 20 heavy (non-hydrogen) atoms. The zero-order valence-corrected chi connectivity index (χ0v) is 12.0. The first kappa shape index (κ1) is 15.1. The van der Waals surface area contributed by atoms with Crippen LogP contribution in [0.3, 0.4) is 0 Å². The first-order chi connectivity index (χ1) is 9.54. The standard InChI is InChI=1S/C16H21F2NO/c1-3-13-6-4-5-9-19(13)11(2)16(20)12-7-8-14(17)15(18)10-12/h7-8,10-11,13H,3-6,9H2,1-2H3. The number of benzene rings is 1. The molecule has 2 atom stereocenters. The highest BCUT2D eigenvalue weighted by Gasteiger charge is 2.29. The Kier molecular flexibility index (Phi) is 4.86. The number of halogens is 2. The van der Waals surface area contributed by atoms with Crippen LogP contribution >= 0.6 is 0 Å². The van der Waals surface area contributed by atoms with Gasteiger partial charge < -0.3 is 0 Å². The highest BCUT2D eigenvalue weighted by Crippen LogP contribution is 2.23. The molecule has 1 aromatic rings. The Hall–Kier alpha value is -1.29. The van der Waals surface area contributed by atoms with Crippen LogP contribution in [0.4, 0.5) is 8.78 Å². The molecule has 1 aromatic carbocycles. The topological polar surface area (TPSA) is 20.3 Å². The van der Waals surface area contributed by atoms with Crippen LogP contribution in [0.2, 0.25) is 0 Å². The van der Waals surface area contributed by atoms with Gasteiger partial charge in [0.15, 0.2) is 17.4 Å². The van der Waals surface area contributed by atoms with Gasteiger partial charge in [-0.1, -0.05) is 13.3 Å². The number of carbonyl (C=O) groups is 1. The van der Waals surface area contributed by atoms with E-state index in [2.05, 4.69) is 11.8 Å². The van der Waals surface area contributed by atoms with Crippen molar-refractivity contribution >= 4 is 5.78 Å². The van der Waals surface area contributed by atoms with Crippen LogP contribution in [0.15, 0.2) is 18.2 Å². The second-order valence-corrected chi connectivity index (χ2v) is 5.46. The van der Waals surface area contributed by atoms with Crippen LogP contribution in [0.1, 0.15) is 49.9 Å². The van der Waals surface area contributed by atoms with E-state index in [0.717, 1.165) is 37.9 Å². The SMILES string of the molecule is CCC1CCCCN1C(C)C(=O)c1ccc(F)c(F)c1. The fourth-order valence-corrected chi connectivity index (χ4v) is 3.01. The molecule has 1 aliphatic heterocycles. The van der Waals surface area contributed by atoms with Gasteiger partial charge in [-0.15, -0.1) is 0 Å². The quantitative estimate of drug-likeness (QED) is 0.782. The Morgan fingerprint density at radius 3 is 2.75 bits per heavy atom. The fourth-order valence-electron chi connectivity index (χ4n) is 3.01. The Morgan fingerprint density at radius 1 is 1.35 bits per heavy atom. The predicted octanol–water partition coefficient (Wildman–Crippen LogP) is 3.80. The van der Waals surface area contributed by atoms with Crippen molar-refractivity contribution in [2.45, 2.75) is 51.6 Å². The summed E-state index contributed by atoms with van der Waals surface area (Å²) in [5.41, 5.74) is 0.247. The van der Waals surface area contributed by atoms with E-state index in [1.165, 1.54) is 12.5 Å². The largest absolute Gasteiger partial charge is 0.292 e. The molecule has 0 bridgehead atoms. The van der Waals surface area contributed by atoms with Gasteiger partial charge in [-0.25, -0.2) is 8.78 Å². The summed E-state index contributed by atoms with van der Waals surface area (Å²) in [6.45, 7) is 4.88. The molecule has 2 nitrogen and oxygen atoms in total. The molecule has 0 amide bonds. The third kappa shape index (κ3) is 3.06. The second-order valence-electron chi connectivity index (χ2n) is 5.46. The van der Waals surface area contributed by atoms with Gasteiger partial charge in [-0.2, -0.15) is 0 Å². The van der Waals surface area contributed by atoms with E-state index in [-0.39, 0.29) is 17.4 Å². The lowest BCUT2D eigenvalue weighted by atomic mass is 9.95. The van der Waals surface area contributed by atoms with Gasteiger partial charge in [0, 0.05) is 11.6 Å². The number of Topliss-reactive ketones (excluding diaryl/α,β-unsaturated/α-hetero) is 1. The van der Waals surface area contributed by atoms with Crippen LogP contribution in [-0.4, -0.2) is 29.3 Å². The summed E-state index contributed by atoms with van der Waals surface area (Å²) in [5.74, 6) is -2.02. The lowest BCUT2D eigenvalue weighted by molar-refractivity contribution is 0.0661. The van der Waals surface area contributed by atoms with Crippen molar-refractivity contribution in [3.8, 4) is 0 Å². The summed E-state index contributed by atoms with van der Waals surface area (Å²) >= 11 is 0. The maximum Gasteiger partial charge on any atom is 0.179 e. The van der Waals surface area contributed by atoms with Gasteiger partial charge in [-0.05, 0) is 50.9 Å². The van der Waals surface area contributed by atoms with Crippen molar-refractivity contribution in [1.82, 2.24) is 4.90 Å². The molecule has 0 spiro atoms. The molecule has 2 unspecified atom stereocenters. The molecule has 0 aromatic heterocycles. The predicted molar refractivity (Wildman–Crippen MR) is 74.8 cm³/mol. The number of hydrogen-bond donors (Lipinski definition) is 0.